The van der Waals surface area contributed by atoms with Crippen LogP contribution in [0.1, 0.15) is 34.6 Å². The molecule has 3 N–H and O–H groups in total. The second-order valence-electron chi connectivity index (χ2n) is 4.92. The van der Waals surface area contributed by atoms with Gasteiger partial charge < -0.3 is 15.3 Å². The van der Waals surface area contributed by atoms with E-state index in [1.807, 2.05) is 27.7 Å². The van der Waals surface area contributed by atoms with Crippen LogP contribution in [-0.2, 0) is 4.79 Å². The van der Waals surface area contributed by atoms with Crippen LogP contribution < -0.4 is 0 Å². The number of aliphatic hydroxyl groups excluding tert-OH is 2. The van der Waals surface area contributed by atoms with Crippen LogP contribution in [0.5, 0.6) is 0 Å². The molecule has 1 atom stereocenters. The summed E-state index contributed by atoms with van der Waals surface area (Å²) in [5.41, 5.74) is -0.191. The van der Waals surface area contributed by atoms with Gasteiger partial charge in [0.25, 0.3) is 0 Å². The molecule has 0 rings (SSSR count). The largest absolute Gasteiger partial charge is 0.478 e. The molecule has 0 aromatic carbocycles. The van der Waals surface area contributed by atoms with Crippen molar-refractivity contribution in [1.29, 1.82) is 0 Å². The van der Waals surface area contributed by atoms with Crippen LogP contribution in [0.15, 0.2) is 12.2 Å². The first kappa shape index (κ1) is 17.5. The fourth-order valence-corrected chi connectivity index (χ4v) is 0.996. The first-order valence-corrected chi connectivity index (χ1v) is 5.24. The minimum atomic E-state index is -0.935. The Morgan fingerprint density at radius 1 is 1.38 bits per heavy atom. The maximum absolute atomic E-state index is 9.60. The van der Waals surface area contributed by atoms with Crippen molar-refractivity contribution in [2.75, 3.05) is 6.61 Å². The van der Waals surface area contributed by atoms with Gasteiger partial charge in [-0.1, -0.05) is 34.3 Å². The predicted octanol–water partition coefficient (Wildman–Crippen LogP) is 1.67. The summed E-state index contributed by atoms with van der Waals surface area (Å²) >= 11 is 0. The van der Waals surface area contributed by atoms with E-state index in [2.05, 4.69) is 6.58 Å². The molecule has 4 heteroatoms. The molecule has 16 heavy (non-hydrogen) atoms. The Morgan fingerprint density at radius 2 is 1.69 bits per heavy atom. The number of aliphatic carboxylic acids is 1. The SMILES string of the molecule is C=C(C)C(=O)O.CC(C)C(O)C(C)(C)CO. The van der Waals surface area contributed by atoms with Crippen molar-refractivity contribution in [3.8, 4) is 0 Å². The van der Waals surface area contributed by atoms with E-state index in [-0.39, 0.29) is 23.5 Å². The van der Waals surface area contributed by atoms with Crippen molar-refractivity contribution in [2.45, 2.75) is 40.7 Å². The third-order valence-electron chi connectivity index (χ3n) is 2.20. The minimum Gasteiger partial charge on any atom is -0.478 e. The van der Waals surface area contributed by atoms with E-state index in [1.54, 1.807) is 0 Å². The topological polar surface area (TPSA) is 77.8 Å². The third kappa shape index (κ3) is 7.43. The van der Waals surface area contributed by atoms with E-state index in [4.69, 9.17) is 10.2 Å². The normalized spacial score (nSPS) is 12.8. The zero-order valence-electron chi connectivity index (χ0n) is 10.8. The van der Waals surface area contributed by atoms with Gasteiger partial charge in [-0.3, -0.25) is 0 Å². The van der Waals surface area contributed by atoms with Gasteiger partial charge in [-0.25, -0.2) is 4.79 Å². The highest BCUT2D eigenvalue weighted by Crippen LogP contribution is 2.24. The zero-order chi connectivity index (χ0) is 13.5. The molecular weight excluding hydrogens is 208 g/mol. The summed E-state index contributed by atoms with van der Waals surface area (Å²) in [6.07, 6.45) is -0.419. The first-order chi connectivity index (χ1) is 7.06. The molecule has 0 bridgehead atoms. The van der Waals surface area contributed by atoms with Crippen molar-refractivity contribution in [2.24, 2.45) is 11.3 Å². The summed E-state index contributed by atoms with van der Waals surface area (Å²) < 4.78 is 0. The summed E-state index contributed by atoms with van der Waals surface area (Å²) in [5.74, 6) is -0.725. The summed E-state index contributed by atoms with van der Waals surface area (Å²) in [6, 6.07) is 0. The van der Waals surface area contributed by atoms with Crippen molar-refractivity contribution >= 4 is 5.97 Å². The Hall–Kier alpha value is -0.870. The number of carbonyl (C=O) groups is 1. The zero-order valence-corrected chi connectivity index (χ0v) is 10.8. The van der Waals surface area contributed by atoms with Crippen LogP contribution in [0.4, 0.5) is 0 Å². The Bertz CT molecular complexity index is 219. The van der Waals surface area contributed by atoms with Crippen molar-refractivity contribution in [3.63, 3.8) is 0 Å². The summed E-state index contributed by atoms with van der Waals surface area (Å²) in [6.45, 7) is 12.2. The molecule has 0 aliphatic heterocycles. The maximum atomic E-state index is 9.60. The molecular formula is C12H24O4. The van der Waals surface area contributed by atoms with Gasteiger partial charge in [-0.05, 0) is 12.8 Å². The maximum Gasteiger partial charge on any atom is 0.330 e. The monoisotopic (exact) mass is 232 g/mol. The van der Waals surface area contributed by atoms with E-state index in [0.29, 0.717) is 0 Å². The average molecular weight is 232 g/mol. The second-order valence-corrected chi connectivity index (χ2v) is 4.92. The van der Waals surface area contributed by atoms with Gasteiger partial charge in [-0.15, -0.1) is 0 Å². The van der Waals surface area contributed by atoms with Gasteiger partial charge in [-0.2, -0.15) is 0 Å². The average Bonchev–Trinajstić information content (AvgIpc) is 2.17. The van der Waals surface area contributed by atoms with Gasteiger partial charge in [0.15, 0.2) is 0 Å². The molecule has 0 amide bonds. The van der Waals surface area contributed by atoms with Crippen LogP contribution in [0.2, 0.25) is 0 Å². The van der Waals surface area contributed by atoms with Crippen LogP contribution in [0.3, 0.4) is 0 Å². The smallest absolute Gasteiger partial charge is 0.330 e. The van der Waals surface area contributed by atoms with E-state index in [0.717, 1.165) is 0 Å². The van der Waals surface area contributed by atoms with E-state index < -0.39 is 12.1 Å². The van der Waals surface area contributed by atoms with Crippen molar-refractivity contribution < 1.29 is 20.1 Å². The number of carboxylic acids is 1. The predicted molar refractivity (Wildman–Crippen MR) is 64.2 cm³/mol. The number of aliphatic hydroxyl groups is 2. The van der Waals surface area contributed by atoms with Gasteiger partial charge in [0.05, 0.1) is 12.7 Å². The molecule has 0 aliphatic rings. The van der Waals surface area contributed by atoms with Gasteiger partial charge in [0.2, 0.25) is 0 Å². The lowest BCUT2D eigenvalue weighted by Crippen LogP contribution is -2.36. The molecule has 0 fully saturated rings. The summed E-state index contributed by atoms with van der Waals surface area (Å²) in [5, 5.41) is 26.2. The number of rotatable bonds is 4. The van der Waals surface area contributed by atoms with E-state index in [1.165, 1.54) is 6.92 Å². The molecule has 4 nitrogen and oxygen atoms in total. The van der Waals surface area contributed by atoms with Crippen LogP contribution in [0.25, 0.3) is 0 Å². The standard InChI is InChI=1S/C8H18O2.C4H6O2/c1-6(2)7(10)8(3,4)5-9;1-3(2)4(5)6/h6-7,9-10H,5H2,1-4H3;1H2,2H3,(H,5,6). The Balaban J connectivity index is 0. The van der Waals surface area contributed by atoms with Crippen LogP contribution in [-0.4, -0.2) is 34.0 Å². The molecule has 0 radical (unpaired) electrons. The lowest BCUT2D eigenvalue weighted by atomic mass is 9.82. The second kappa shape index (κ2) is 7.41. The third-order valence-corrected chi connectivity index (χ3v) is 2.20. The Labute approximate surface area is 97.6 Å². The van der Waals surface area contributed by atoms with Gasteiger partial charge >= 0.3 is 5.97 Å². The van der Waals surface area contributed by atoms with Crippen LogP contribution >= 0.6 is 0 Å². The van der Waals surface area contributed by atoms with Crippen LogP contribution in [0, 0.1) is 11.3 Å². The fraction of sp³-hybridized carbons (Fsp3) is 0.750. The molecule has 0 aromatic rings. The molecule has 0 saturated heterocycles. The number of carboxylic acid groups (broad SMARTS) is 1. The number of hydrogen-bond acceptors (Lipinski definition) is 3. The highest BCUT2D eigenvalue weighted by molar-refractivity contribution is 5.84. The van der Waals surface area contributed by atoms with Gasteiger partial charge in [0.1, 0.15) is 0 Å². The van der Waals surface area contributed by atoms with E-state index >= 15 is 0 Å². The first-order valence-electron chi connectivity index (χ1n) is 5.24. The number of hydrogen-bond donors (Lipinski definition) is 3. The van der Waals surface area contributed by atoms with Crippen molar-refractivity contribution in [1.82, 2.24) is 0 Å². The summed E-state index contributed by atoms with van der Waals surface area (Å²) in [4.78, 5) is 9.60. The molecule has 0 aliphatic carbocycles. The molecule has 96 valence electrons. The lowest BCUT2D eigenvalue weighted by molar-refractivity contribution is -0.132. The lowest BCUT2D eigenvalue weighted by Gasteiger charge is -2.30. The highest BCUT2D eigenvalue weighted by atomic mass is 16.4. The highest BCUT2D eigenvalue weighted by Gasteiger charge is 2.28. The summed E-state index contributed by atoms with van der Waals surface area (Å²) in [7, 11) is 0. The Morgan fingerprint density at radius 3 is 1.75 bits per heavy atom. The van der Waals surface area contributed by atoms with Crippen molar-refractivity contribution in [3.05, 3.63) is 12.2 Å². The molecule has 0 heterocycles. The van der Waals surface area contributed by atoms with E-state index in [9.17, 15) is 9.90 Å². The molecule has 0 aromatic heterocycles. The fourth-order valence-electron chi connectivity index (χ4n) is 0.996. The van der Waals surface area contributed by atoms with Gasteiger partial charge in [0, 0.05) is 11.0 Å². The molecule has 0 spiro atoms. The minimum absolute atomic E-state index is 0.0341. The molecule has 1 unspecified atom stereocenters. The molecule has 0 saturated carbocycles. The quantitative estimate of drug-likeness (QED) is 0.644. The Kier molecular flexibility index (Phi) is 8.12.